The molecule has 4 N–H and O–H groups in total. The Bertz CT molecular complexity index is 336. The highest BCUT2D eigenvalue weighted by molar-refractivity contribution is 5.74. The van der Waals surface area contributed by atoms with Crippen molar-refractivity contribution >= 4 is 12.0 Å². The van der Waals surface area contributed by atoms with E-state index in [1.165, 1.54) is 0 Å². The van der Waals surface area contributed by atoms with Crippen molar-refractivity contribution in [2.45, 2.75) is 45.4 Å². The van der Waals surface area contributed by atoms with Crippen molar-refractivity contribution in [1.29, 1.82) is 0 Å². The molecule has 0 aromatic carbocycles. The van der Waals surface area contributed by atoms with Gasteiger partial charge in [-0.1, -0.05) is 19.8 Å². The average molecular weight is 299 g/mol. The first-order valence-corrected chi connectivity index (χ1v) is 8.01. The van der Waals surface area contributed by atoms with Crippen LogP contribution in [0, 0.1) is 11.8 Å². The third kappa shape index (κ3) is 6.80. The minimum atomic E-state index is -0.745. The fourth-order valence-electron chi connectivity index (χ4n) is 2.87. The van der Waals surface area contributed by atoms with Gasteiger partial charge in [0.15, 0.2) is 0 Å². The zero-order valence-electron chi connectivity index (χ0n) is 13.0. The number of likely N-dealkylation sites (tertiary alicyclic amines) is 1. The summed E-state index contributed by atoms with van der Waals surface area (Å²) in [5.41, 5.74) is 5.62. The lowest BCUT2D eigenvalue weighted by atomic mass is 9.94. The van der Waals surface area contributed by atoms with Crippen LogP contribution in [0.5, 0.6) is 0 Å². The molecule has 2 atom stereocenters. The van der Waals surface area contributed by atoms with Crippen LogP contribution in [-0.4, -0.2) is 48.2 Å². The second kappa shape index (κ2) is 9.60. The molecule has 1 heterocycles. The van der Waals surface area contributed by atoms with E-state index in [0.29, 0.717) is 31.3 Å². The maximum absolute atomic E-state index is 12.0. The summed E-state index contributed by atoms with van der Waals surface area (Å²) >= 11 is 0. The molecule has 0 saturated carbocycles. The molecule has 1 aliphatic heterocycles. The van der Waals surface area contributed by atoms with Gasteiger partial charge < -0.3 is 21.1 Å². The number of carbonyl (C=O) groups is 2. The molecule has 0 aromatic rings. The van der Waals surface area contributed by atoms with Crippen LogP contribution < -0.4 is 11.1 Å². The van der Waals surface area contributed by atoms with E-state index in [4.69, 9.17) is 10.8 Å². The minimum absolute atomic E-state index is 0.0144. The second-order valence-corrected chi connectivity index (χ2v) is 5.94. The van der Waals surface area contributed by atoms with Crippen molar-refractivity contribution < 1.29 is 14.7 Å². The fourth-order valence-corrected chi connectivity index (χ4v) is 2.87. The SMILES string of the molecule is CCCC(CCNC(=O)N1CCC(CN)C1)CCC(=O)O. The molecule has 6 nitrogen and oxygen atoms in total. The minimum Gasteiger partial charge on any atom is -0.481 e. The first-order valence-electron chi connectivity index (χ1n) is 8.01. The van der Waals surface area contributed by atoms with Crippen LogP contribution in [0.15, 0.2) is 0 Å². The van der Waals surface area contributed by atoms with Crippen molar-refractivity contribution in [3.05, 3.63) is 0 Å². The summed E-state index contributed by atoms with van der Waals surface area (Å²) in [6, 6.07) is -0.0144. The number of carboxylic acid groups (broad SMARTS) is 1. The van der Waals surface area contributed by atoms with Crippen molar-refractivity contribution in [2.75, 3.05) is 26.2 Å². The number of aliphatic carboxylic acids is 1. The maximum atomic E-state index is 12.0. The lowest BCUT2D eigenvalue weighted by molar-refractivity contribution is -0.137. The van der Waals surface area contributed by atoms with E-state index in [1.807, 2.05) is 4.90 Å². The maximum Gasteiger partial charge on any atom is 0.317 e. The molecule has 1 rings (SSSR count). The lowest BCUT2D eigenvalue weighted by Gasteiger charge is -2.19. The van der Waals surface area contributed by atoms with Gasteiger partial charge in [-0.2, -0.15) is 0 Å². The van der Waals surface area contributed by atoms with Gasteiger partial charge in [0.1, 0.15) is 0 Å². The second-order valence-electron chi connectivity index (χ2n) is 5.94. The molecule has 1 saturated heterocycles. The van der Waals surface area contributed by atoms with Crippen LogP contribution in [0.2, 0.25) is 0 Å². The van der Waals surface area contributed by atoms with Crippen LogP contribution in [-0.2, 0) is 4.79 Å². The third-order valence-corrected chi connectivity index (χ3v) is 4.20. The summed E-state index contributed by atoms with van der Waals surface area (Å²) in [5.74, 6) is 0.0611. The van der Waals surface area contributed by atoms with Crippen molar-refractivity contribution in [2.24, 2.45) is 17.6 Å². The van der Waals surface area contributed by atoms with E-state index in [9.17, 15) is 9.59 Å². The van der Waals surface area contributed by atoms with Gasteiger partial charge in [-0.05, 0) is 37.6 Å². The molecule has 0 radical (unpaired) electrons. The Morgan fingerprint density at radius 3 is 2.71 bits per heavy atom. The highest BCUT2D eigenvalue weighted by Gasteiger charge is 2.24. The largest absolute Gasteiger partial charge is 0.481 e. The molecule has 21 heavy (non-hydrogen) atoms. The molecule has 122 valence electrons. The Morgan fingerprint density at radius 2 is 2.14 bits per heavy atom. The predicted octanol–water partition coefficient (Wildman–Crippen LogP) is 1.65. The summed E-state index contributed by atoms with van der Waals surface area (Å²) < 4.78 is 0. The Kier molecular flexibility index (Phi) is 8.12. The van der Waals surface area contributed by atoms with Gasteiger partial charge >= 0.3 is 12.0 Å². The molecule has 2 amide bonds. The Morgan fingerprint density at radius 1 is 1.38 bits per heavy atom. The van der Waals surface area contributed by atoms with Gasteiger partial charge in [0.25, 0.3) is 0 Å². The number of rotatable bonds is 9. The molecular formula is C15H29N3O3. The number of nitrogens with one attached hydrogen (secondary N) is 1. The number of nitrogens with two attached hydrogens (primary N) is 1. The topological polar surface area (TPSA) is 95.7 Å². The summed E-state index contributed by atoms with van der Waals surface area (Å²) in [5, 5.41) is 11.7. The molecule has 0 aliphatic carbocycles. The van der Waals surface area contributed by atoms with Crippen LogP contribution in [0.1, 0.15) is 45.4 Å². The smallest absolute Gasteiger partial charge is 0.317 e. The highest BCUT2D eigenvalue weighted by atomic mass is 16.4. The van der Waals surface area contributed by atoms with E-state index in [2.05, 4.69) is 12.2 Å². The number of carbonyl (C=O) groups excluding carboxylic acids is 1. The normalized spacial score (nSPS) is 19.5. The molecular weight excluding hydrogens is 270 g/mol. The Labute approximate surface area is 127 Å². The van der Waals surface area contributed by atoms with Crippen LogP contribution in [0.4, 0.5) is 4.79 Å². The molecule has 0 spiro atoms. The monoisotopic (exact) mass is 299 g/mol. The summed E-state index contributed by atoms with van der Waals surface area (Å²) in [6.45, 7) is 4.89. The van der Waals surface area contributed by atoms with E-state index in [1.54, 1.807) is 0 Å². The molecule has 0 aromatic heterocycles. The predicted molar refractivity (Wildman–Crippen MR) is 82.0 cm³/mol. The number of nitrogens with zero attached hydrogens (tertiary/aromatic N) is 1. The van der Waals surface area contributed by atoms with Crippen LogP contribution in [0.25, 0.3) is 0 Å². The zero-order chi connectivity index (χ0) is 15.7. The summed E-state index contributed by atoms with van der Waals surface area (Å²) in [4.78, 5) is 24.5. The molecule has 0 bridgehead atoms. The van der Waals surface area contributed by atoms with Crippen LogP contribution >= 0.6 is 0 Å². The van der Waals surface area contributed by atoms with Crippen molar-refractivity contribution in [3.8, 4) is 0 Å². The quantitative estimate of drug-likeness (QED) is 0.603. The van der Waals surface area contributed by atoms with Crippen molar-refractivity contribution in [3.63, 3.8) is 0 Å². The fraction of sp³-hybridized carbons (Fsp3) is 0.867. The number of amides is 2. The van der Waals surface area contributed by atoms with E-state index < -0.39 is 5.97 Å². The van der Waals surface area contributed by atoms with Gasteiger partial charge in [-0.3, -0.25) is 4.79 Å². The first-order chi connectivity index (χ1) is 10.1. The van der Waals surface area contributed by atoms with E-state index in [-0.39, 0.29) is 12.5 Å². The average Bonchev–Trinajstić information content (AvgIpc) is 2.93. The number of urea groups is 1. The number of carboxylic acids is 1. The van der Waals surface area contributed by atoms with Crippen LogP contribution in [0.3, 0.4) is 0 Å². The summed E-state index contributed by atoms with van der Waals surface area (Å²) in [6.07, 6.45) is 4.80. The zero-order valence-corrected chi connectivity index (χ0v) is 13.0. The molecule has 2 unspecified atom stereocenters. The number of hydrogen-bond donors (Lipinski definition) is 3. The number of hydrogen-bond acceptors (Lipinski definition) is 3. The Hall–Kier alpha value is -1.30. The first kappa shape index (κ1) is 17.8. The summed E-state index contributed by atoms with van der Waals surface area (Å²) in [7, 11) is 0. The molecule has 1 aliphatic rings. The highest BCUT2D eigenvalue weighted by Crippen LogP contribution is 2.18. The Balaban J connectivity index is 2.23. The van der Waals surface area contributed by atoms with Gasteiger partial charge in [0.2, 0.25) is 0 Å². The van der Waals surface area contributed by atoms with Gasteiger partial charge in [-0.25, -0.2) is 4.79 Å². The van der Waals surface area contributed by atoms with E-state index >= 15 is 0 Å². The van der Waals surface area contributed by atoms with Gasteiger partial charge in [0, 0.05) is 26.1 Å². The van der Waals surface area contributed by atoms with E-state index in [0.717, 1.165) is 38.8 Å². The standard InChI is InChI=1S/C15H29N3O3/c1-2-3-12(4-5-14(19)20)6-8-17-15(21)18-9-7-13(10-16)11-18/h12-13H,2-11,16H2,1H3,(H,17,21)(H,19,20). The lowest BCUT2D eigenvalue weighted by Crippen LogP contribution is -2.39. The van der Waals surface area contributed by atoms with Gasteiger partial charge in [0.05, 0.1) is 0 Å². The third-order valence-electron chi connectivity index (χ3n) is 4.20. The van der Waals surface area contributed by atoms with Crippen molar-refractivity contribution in [1.82, 2.24) is 10.2 Å². The molecule has 6 heteroatoms. The molecule has 1 fully saturated rings. The van der Waals surface area contributed by atoms with Gasteiger partial charge in [-0.15, -0.1) is 0 Å².